The van der Waals surface area contributed by atoms with Crippen molar-refractivity contribution in [2.45, 2.75) is 44.5 Å². The van der Waals surface area contributed by atoms with Crippen LogP contribution in [0, 0.1) is 5.92 Å². The predicted molar refractivity (Wildman–Crippen MR) is 99.8 cm³/mol. The molecular weight excluding hydrogens is 352 g/mol. The number of amides is 1. The molecule has 0 bridgehead atoms. The highest BCUT2D eigenvalue weighted by molar-refractivity contribution is 7.99. The third kappa shape index (κ3) is 4.85. The molecule has 1 atom stereocenters. The molecule has 3 rings (SSSR count). The summed E-state index contributed by atoms with van der Waals surface area (Å²) in [6.07, 6.45) is 4.14. The molecule has 0 aliphatic carbocycles. The van der Waals surface area contributed by atoms with Gasteiger partial charge < -0.3 is 10.1 Å². The van der Waals surface area contributed by atoms with Crippen LogP contribution in [-0.2, 0) is 23.1 Å². The molecule has 142 valence electrons. The predicted octanol–water partition coefficient (Wildman–Crippen LogP) is 1.72. The number of hydrogen-bond acceptors (Lipinski definition) is 6. The first-order chi connectivity index (χ1) is 12.5. The van der Waals surface area contributed by atoms with Crippen LogP contribution in [0.2, 0.25) is 0 Å². The van der Waals surface area contributed by atoms with E-state index < -0.39 is 0 Å². The molecule has 1 aliphatic heterocycles. The monoisotopic (exact) mass is 378 g/mol. The lowest BCUT2D eigenvalue weighted by Gasteiger charge is -2.14. The molecule has 9 heteroatoms. The van der Waals surface area contributed by atoms with Crippen molar-refractivity contribution in [1.82, 2.24) is 29.9 Å². The summed E-state index contributed by atoms with van der Waals surface area (Å²) < 4.78 is 9.55. The zero-order valence-electron chi connectivity index (χ0n) is 15.5. The van der Waals surface area contributed by atoms with Crippen molar-refractivity contribution < 1.29 is 9.53 Å². The average molecular weight is 379 g/mol. The second kappa shape index (κ2) is 8.68. The van der Waals surface area contributed by atoms with Gasteiger partial charge in [0.15, 0.2) is 11.0 Å². The maximum atomic E-state index is 12.0. The molecule has 0 spiro atoms. The summed E-state index contributed by atoms with van der Waals surface area (Å²) in [5.74, 6) is 1.47. The van der Waals surface area contributed by atoms with Crippen molar-refractivity contribution in [1.29, 1.82) is 0 Å². The Labute approximate surface area is 157 Å². The molecule has 1 N–H and O–H groups in total. The first kappa shape index (κ1) is 18.9. The number of nitrogens with zero attached hydrogens (tertiary/aromatic N) is 5. The highest BCUT2D eigenvalue weighted by Crippen LogP contribution is 2.25. The number of hydrogen-bond donors (Lipinski definition) is 1. The fourth-order valence-electron chi connectivity index (χ4n) is 2.77. The Balaban J connectivity index is 1.73. The molecular formula is C17H26N6O2S. The Morgan fingerprint density at radius 3 is 2.96 bits per heavy atom. The lowest BCUT2D eigenvalue weighted by atomic mass is 10.2. The van der Waals surface area contributed by atoms with Gasteiger partial charge in [0.25, 0.3) is 0 Å². The molecule has 0 unspecified atom stereocenters. The quantitative estimate of drug-likeness (QED) is 0.704. The van der Waals surface area contributed by atoms with Crippen LogP contribution in [0.3, 0.4) is 0 Å². The van der Waals surface area contributed by atoms with E-state index in [2.05, 4.69) is 34.5 Å². The summed E-state index contributed by atoms with van der Waals surface area (Å²) in [5.41, 5.74) is 0.772. The first-order valence-corrected chi connectivity index (χ1v) is 9.96. The second-order valence-corrected chi connectivity index (χ2v) is 7.86. The normalized spacial score (nSPS) is 17.2. The van der Waals surface area contributed by atoms with Crippen molar-refractivity contribution in [3.05, 3.63) is 12.3 Å². The molecule has 1 fully saturated rings. The molecule has 2 aromatic rings. The zero-order chi connectivity index (χ0) is 18.5. The number of ether oxygens (including phenoxy) is 1. The van der Waals surface area contributed by atoms with Crippen LogP contribution in [-0.4, -0.2) is 55.5 Å². The molecule has 0 saturated carbocycles. The number of thioether (sulfide) groups is 1. The van der Waals surface area contributed by atoms with Crippen molar-refractivity contribution in [3.8, 4) is 11.5 Å². The van der Waals surface area contributed by atoms with E-state index in [0.717, 1.165) is 30.3 Å². The van der Waals surface area contributed by atoms with Gasteiger partial charge in [0.1, 0.15) is 5.69 Å². The summed E-state index contributed by atoms with van der Waals surface area (Å²) in [5, 5.41) is 16.7. The van der Waals surface area contributed by atoms with Crippen LogP contribution >= 0.6 is 11.8 Å². The van der Waals surface area contributed by atoms with E-state index in [0.29, 0.717) is 30.6 Å². The van der Waals surface area contributed by atoms with E-state index in [1.165, 1.54) is 11.8 Å². The van der Waals surface area contributed by atoms with Gasteiger partial charge in [-0.15, -0.1) is 10.2 Å². The van der Waals surface area contributed by atoms with Crippen LogP contribution in [0.15, 0.2) is 17.4 Å². The molecule has 1 amide bonds. The van der Waals surface area contributed by atoms with E-state index in [-0.39, 0.29) is 12.0 Å². The van der Waals surface area contributed by atoms with E-state index in [9.17, 15) is 4.79 Å². The molecule has 8 nitrogen and oxygen atoms in total. The van der Waals surface area contributed by atoms with E-state index in [1.807, 2.05) is 23.9 Å². The number of carbonyl (C=O) groups is 1. The lowest BCUT2D eigenvalue weighted by Crippen LogP contribution is -2.29. The molecule has 0 radical (unpaired) electrons. The number of rotatable bonds is 8. The van der Waals surface area contributed by atoms with Gasteiger partial charge >= 0.3 is 0 Å². The SMILES string of the molecule is CC(C)CNC(=O)CSc1nnc(-c2ccn(C)n2)n1C[C@H]1CCCO1. The lowest BCUT2D eigenvalue weighted by molar-refractivity contribution is -0.118. The van der Waals surface area contributed by atoms with Crippen LogP contribution in [0.1, 0.15) is 26.7 Å². The molecule has 2 aromatic heterocycles. The summed E-state index contributed by atoms with van der Waals surface area (Å²) in [7, 11) is 1.87. The molecule has 1 saturated heterocycles. The van der Waals surface area contributed by atoms with Gasteiger partial charge in [-0.1, -0.05) is 25.6 Å². The minimum Gasteiger partial charge on any atom is -0.376 e. The maximum absolute atomic E-state index is 12.0. The van der Waals surface area contributed by atoms with Gasteiger partial charge in [-0.2, -0.15) is 5.10 Å². The third-order valence-corrected chi connectivity index (χ3v) is 5.08. The standard InChI is InChI=1S/C17H26N6O2S/c1-12(2)9-18-15(24)11-26-17-20-19-16(14-6-7-22(3)21-14)23(17)10-13-5-4-8-25-13/h6-7,12-13H,4-5,8-11H2,1-3H3,(H,18,24)/t13-/m1/s1. The third-order valence-electron chi connectivity index (χ3n) is 4.11. The fourth-order valence-corrected chi connectivity index (χ4v) is 3.55. The Morgan fingerprint density at radius 1 is 1.46 bits per heavy atom. The van der Waals surface area contributed by atoms with Crippen molar-refractivity contribution >= 4 is 17.7 Å². The second-order valence-electron chi connectivity index (χ2n) is 6.91. The Morgan fingerprint density at radius 2 is 2.31 bits per heavy atom. The summed E-state index contributed by atoms with van der Waals surface area (Å²) in [6.45, 7) is 6.30. The van der Waals surface area contributed by atoms with Gasteiger partial charge in [-0.3, -0.25) is 14.0 Å². The van der Waals surface area contributed by atoms with Gasteiger partial charge in [0, 0.05) is 26.4 Å². The average Bonchev–Trinajstić information content (AvgIpc) is 3.33. The fraction of sp³-hybridized carbons (Fsp3) is 0.647. The number of aryl methyl sites for hydroxylation is 1. The first-order valence-electron chi connectivity index (χ1n) is 8.97. The number of carbonyl (C=O) groups excluding carboxylic acids is 1. The molecule has 26 heavy (non-hydrogen) atoms. The Bertz CT molecular complexity index is 735. The highest BCUT2D eigenvalue weighted by Gasteiger charge is 2.23. The number of aromatic nitrogens is 5. The number of nitrogens with one attached hydrogen (secondary N) is 1. The van der Waals surface area contributed by atoms with Gasteiger partial charge in [-0.25, -0.2) is 0 Å². The van der Waals surface area contributed by atoms with Gasteiger partial charge in [-0.05, 0) is 24.8 Å². The molecule has 1 aliphatic rings. The van der Waals surface area contributed by atoms with E-state index >= 15 is 0 Å². The van der Waals surface area contributed by atoms with Crippen LogP contribution in [0.5, 0.6) is 0 Å². The van der Waals surface area contributed by atoms with Gasteiger partial charge in [0.2, 0.25) is 5.91 Å². The minimum atomic E-state index is 0.00903. The summed E-state index contributed by atoms with van der Waals surface area (Å²) in [6, 6.07) is 1.92. The van der Waals surface area contributed by atoms with Crippen LogP contribution < -0.4 is 5.32 Å². The van der Waals surface area contributed by atoms with Gasteiger partial charge in [0.05, 0.1) is 18.4 Å². The zero-order valence-corrected chi connectivity index (χ0v) is 16.3. The van der Waals surface area contributed by atoms with Crippen molar-refractivity contribution in [2.75, 3.05) is 18.9 Å². The van der Waals surface area contributed by atoms with Crippen LogP contribution in [0.4, 0.5) is 0 Å². The van der Waals surface area contributed by atoms with Crippen LogP contribution in [0.25, 0.3) is 11.5 Å². The maximum Gasteiger partial charge on any atom is 0.230 e. The molecule has 0 aromatic carbocycles. The highest BCUT2D eigenvalue weighted by atomic mass is 32.2. The Kier molecular flexibility index (Phi) is 6.31. The van der Waals surface area contributed by atoms with Crippen molar-refractivity contribution in [3.63, 3.8) is 0 Å². The Hall–Kier alpha value is -1.87. The molecule has 3 heterocycles. The van der Waals surface area contributed by atoms with E-state index in [4.69, 9.17) is 4.74 Å². The topological polar surface area (TPSA) is 86.9 Å². The summed E-state index contributed by atoms with van der Waals surface area (Å²) >= 11 is 1.40. The smallest absolute Gasteiger partial charge is 0.230 e. The van der Waals surface area contributed by atoms with E-state index in [1.54, 1.807) is 4.68 Å². The minimum absolute atomic E-state index is 0.00903. The summed E-state index contributed by atoms with van der Waals surface area (Å²) in [4.78, 5) is 12.0. The largest absolute Gasteiger partial charge is 0.376 e. The van der Waals surface area contributed by atoms with Crippen molar-refractivity contribution in [2.24, 2.45) is 13.0 Å².